The number of rotatable bonds is 18. The lowest BCUT2D eigenvalue weighted by atomic mass is 9.81. The summed E-state index contributed by atoms with van der Waals surface area (Å²) in [5, 5.41) is 9.17. The number of ketones is 1. The number of carboxylic acids is 1. The molecule has 0 aliphatic carbocycles. The van der Waals surface area contributed by atoms with Crippen LogP contribution in [0, 0.1) is 35.5 Å². The number of hydrogen-bond acceptors (Lipinski definition) is 13. The molecule has 66 heavy (non-hydrogen) atoms. The topological polar surface area (TPSA) is 172 Å². The number of carbonyl (C=O) groups is 4. The Morgan fingerprint density at radius 1 is 0.727 bits per heavy atom. The Bertz CT molecular complexity index is 1630. The van der Waals surface area contributed by atoms with Crippen molar-refractivity contribution in [2.24, 2.45) is 35.5 Å². The van der Waals surface area contributed by atoms with Crippen LogP contribution in [-0.4, -0.2) is 134 Å². The maximum Gasteiger partial charge on any atom is 0.331 e. The van der Waals surface area contributed by atoms with E-state index in [1.165, 1.54) is 13.2 Å². The van der Waals surface area contributed by atoms with Gasteiger partial charge in [0.1, 0.15) is 18.0 Å². The molecule has 14 heteroatoms. The predicted molar refractivity (Wildman–Crippen MR) is 254 cm³/mol. The van der Waals surface area contributed by atoms with Crippen LogP contribution in [0.2, 0.25) is 0 Å². The van der Waals surface area contributed by atoms with Crippen molar-refractivity contribution in [3.05, 3.63) is 59.8 Å². The monoisotopic (exact) mass is 933 g/mol. The minimum atomic E-state index is -0.935. The number of carboxylic acid groups (broad SMARTS) is 1. The largest absolute Gasteiger partial charge is 0.481 e. The summed E-state index contributed by atoms with van der Waals surface area (Å²) < 4.78 is 53.5. The van der Waals surface area contributed by atoms with E-state index in [-0.39, 0.29) is 103 Å². The quantitative estimate of drug-likeness (QED) is 0.103. The van der Waals surface area contributed by atoms with Crippen LogP contribution in [0.15, 0.2) is 59.8 Å². The number of hydrogen-bond donors (Lipinski definition) is 1. The molecule has 0 saturated carbocycles. The molecule has 2 bridgehead atoms. The summed E-state index contributed by atoms with van der Waals surface area (Å²) in [5.41, 5.74) is 1.91. The molecule has 0 saturated heterocycles. The van der Waals surface area contributed by atoms with Crippen LogP contribution in [0.25, 0.3) is 0 Å². The van der Waals surface area contributed by atoms with Gasteiger partial charge in [-0.2, -0.15) is 0 Å². The third kappa shape index (κ3) is 19.6. The smallest absolute Gasteiger partial charge is 0.331 e. The van der Waals surface area contributed by atoms with Gasteiger partial charge < -0.3 is 47.7 Å². The van der Waals surface area contributed by atoms with Gasteiger partial charge in [-0.15, -0.1) is 0 Å². The number of ether oxygens (including phenoxy) is 9. The number of aliphatic carboxylic acids is 1. The van der Waals surface area contributed by atoms with Gasteiger partial charge in [-0.25, -0.2) is 9.59 Å². The predicted octanol–water partition coefficient (Wildman–Crippen LogP) is 8.46. The fourth-order valence-electron chi connectivity index (χ4n) is 9.31. The first-order valence-corrected chi connectivity index (χ1v) is 23.6. The zero-order chi connectivity index (χ0) is 49.5. The van der Waals surface area contributed by atoms with Crippen LogP contribution >= 0.6 is 0 Å². The second-order valence-electron chi connectivity index (χ2n) is 18.5. The Morgan fingerprint density at radius 2 is 1.35 bits per heavy atom. The molecule has 2 rings (SSSR count). The Kier molecular flexibility index (Phi) is 27.4. The lowest BCUT2D eigenvalue weighted by Crippen LogP contribution is -2.41. The van der Waals surface area contributed by atoms with Crippen molar-refractivity contribution in [2.45, 2.75) is 161 Å². The Morgan fingerprint density at radius 3 is 1.91 bits per heavy atom. The minimum absolute atomic E-state index is 0.0116. The first-order chi connectivity index (χ1) is 31.4. The third-order valence-electron chi connectivity index (χ3n) is 13.7. The molecule has 2 aliphatic heterocycles. The van der Waals surface area contributed by atoms with E-state index < -0.39 is 30.1 Å². The summed E-state index contributed by atoms with van der Waals surface area (Å²) in [4.78, 5) is 51.1. The highest BCUT2D eigenvalue weighted by atomic mass is 16.6. The SMILES string of the molecule is CO[C@H]1CC2=CC(=O)O[C@H](C2)[C@H](C)[C@@H](OC)C[C@H](OC)/C=C/[C@H](C)[C@@H](OC)C[C@@H](OC)/C=C/[C@H](C)[C@@H]([C@@H](C)[C@@H](OC)[C@@H](C)CCC(=O)[C@H](C)[C@@H](CCC(=O)O)OC)OC(=O)/C=C/C=C(\C)C1. The maximum absolute atomic E-state index is 13.7. The number of methoxy groups -OCH3 is 7. The van der Waals surface area contributed by atoms with E-state index in [0.717, 1.165) is 11.1 Å². The molecule has 2 heterocycles. The zero-order valence-electron chi connectivity index (χ0n) is 42.4. The Labute approximate surface area is 395 Å². The van der Waals surface area contributed by atoms with E-state index in [9.17, 15) is 19.2 Å². The molecule has 0 fully saturated rings. The summed E-state index contributed by atoms with van der Waals surface area (Å²) in [6.45, 7) is 13.9. The first kappa shape index (κ1) is 58.6. The van der Waals surface area contributed by atoms with Gasteiger partial charge in [0.2, 0.25) is 0 Å². The van der Waals surface area contributed by atoms with Gasteiger partial charge in [0, 0.05) is 124 Å². The molecule has 0 amide bonds. The highest BCUT2D eigenvalue weighted by molar-refractivity contribution is 5.84. The molecule has 0 aromatic carbocycles. The van der Waals surface area contributed by atoms with Gasteiger partial charge in [-0.3, -0.25) is 9.59 Å². The molecule has 0 aromatic heterocycles. The normalized spacial score (nSPS) is 32.5. The molecular weight excluding hydrogens is 849 g/mol. The van der Waals surface area contributed by atoms with E-state index in [1.807, 2.05) is 58.9 Å². The molecular formula is C52H84O14. The van der Waals surface area contributed by atoms with Crippen molar-refractivity contribution in [3.8, 4) is 0 Å². The second-order valence-corrected chi connectivity index (χ2v) is 18.5. The highest BCUT2D eigenvalue weighted by Gasteiger charge is 2.37. The number of esters is 2. The molecule has 14 nitrogen and oxygen atoms in total. The van der Waals surface area contributed by atoms with Gasteiger partial charge in [-0.05, 0) is 38.5 Å². The van der Waals surface area contributed by atoms with Gasteiger partial charge in [0.25, 0.3) is 0 Å². The molecule has 1 N–H and O–H groups in total. The Hall–Kier alpha value is -3.50. The van der Waals surface area contributed by atoms with Crippen molar-refractivity contribution >= 4 is 23.7 Å². The van der Waals surface area contributed by atoms with Crippen LogP contribution in [-0.2, 0) is 61.8 Å². The average molecular weight is 933 g/mol. The van der Waals surface area contributed by atoms with Gasteiger partial charge in [0.05, 0.1) is 42.7 Å². The molecule has 0 spiro atoms. The van der Waals surface area contributed by atoms with Gasteiger partial charge >= 0.3 is 17.9 Å². The number of carbonyl (C=O) groups excluding carboxylic acids is 3. The van der Waals surface area contributed by atoms with E-state index in [4.69, 9.17) is 47.7 Å². The summed E-state index contributed by atoms with van der Waals surface area (Å²) in [6.07, 6.45) is 15.2. The fraction of sp³-hybridized carbons (Fsp3) is 0.731. The van der Waals surface area contributed by atoms with Crippen molar-refractivity contribution in [2.75, 3.05) is 49.8 Å². The summed E-state index contributed by atoms with van der Waals surface area (Å²) in [6, 6.07) is 0. The second kappa shape index (κ2) is 30.8. The molecule has 0 radical (unpaired) electrons. The summed E-state index contributed by atoms with van der Waals surface area (Å²) in [5.74, 6) is -3.14. The lowest BCUT2D eigenvalue weighted by Gasteiger charge is -2.35. The zero-order valence-corrected chi connectivity index (χ0v) is 42.4. The van der Waals surface area contributed by atoms with Gasteiger partial charge in [0.15, 0.2) is 0 Å². The van der Waals surface area contributed by atoms with E-state index in [0.29, 0.717) is 38.5 Å². The Balaban J connectivity index is 2.51. The van der Waals surface area contributed by atoms with E-state index in [2.05, 4.69) is 13.0 Å². The van der Waals surface area contributed by atoms with Crippen LogP contribution in [0.5, 0.6) is 0 Å². The summed E-state index contributed by atoms with van der Waals surface area (Å²) >= 11 is 0. The molecule has 0 unspecified atom stereocenters. The highest BCUT2D eigenvalue weighted by Crippen LogP contribution is 2.33. The first-order valence-electron chi connectivity index (χ1n) is 23.6. The van der Waals surface area contributed by atoms with Crippen molar-refractivity contribution in [1.29, 1.82) is 0 Å². The van der Waals surface area contributed by atoms with Gasteiger partial charge in [-0.1, -0.05) is 89.1 Å². The van der Waals surface area contributed by atoms with Crippen LogP contribution < -0.4 is 0 Å². The standard InChI is InChI=1S/C52H84O14/c1-32-16-15-17-49(56)66-52(38(7)51(64-14)34(3)20-23-43(53)36(5)44(61-11)24-25-48(54)55)35(4)19-22-40(58-8)30-45(62-12)33(2)18-21-41(59-9)31-46(63-13)37(6)47-28-39(29-50(57)65-47)27-42(26-32)60-10/h15-19,21-22,29,33-38,40-42,44-47,51-52H,20,23-28,30-31H2,1-14H3,(H,54,55)/b17-15+,21-18+,22-19+,32-16+/t33-,34-,35-,36-,37+,38-,40-,41+,42+,44+,45-,46-,47+,51-,52-/m0/s1. The van der Waals surface area contributed by atoms with Crippen LogP contribution in [0.4, 0.5) is 0 Å². The number of allylic oxidation sites excluding steroid dienone is 2. The number of fused-ring (bicyclic) bond motifs is 2. The van der Waals surface area contributed by atoms with Crippen LogP contribution in [0.1, 0.15) is 106 Å². The molecule has 376 valence electrons. The maximum atomic E-state index is 13.7. The fourth-order valence-corrected chi connectivity index (χ4v) is 9.31. The van der Waals surface area contributed by atoms with E-state index in [1.54, 1.807) is 61.7 Å². The van der Waals surface area contributed by atoms with Crippen molar-refractivity contribution in [1.82, 2.24) is 0 Å². The van der Waals surface area contributed by atoms with E-state index >= 15 is 0 Å². The minimum Gasteiger partial charge on any atom is -0.481 e. The average Bonchev–Trinajstić information content (AvgIpc) is 3.29. The van der Waals surface area contributed by atoms with Crippen LogP contribution in [0.3, 0.4) is 0 Å². The number of cyclic esters (lactones) is 1. The van der Waals surface area contributed by atoms with Crippen molar-refractivity contribution in [3.63, 3.8) is 0 Å². The molecule has 0 aromatic rings. The molecule has 2 aliphatic rings. The number of Topliss-reactive ketones (excluding diaryl/α,β-unsaturated/α-hetero) is 1. The summed E-state index contributed by atoms with van der Waals surface area (Å²) in [7, 11) is 11.5. The van der Waals surface area contributed by atoms with Crippen molar-refractivity contribution < 1.29 is 66.9 Å². The lowest BCUT2D eigenvalue weighted by molar-refractivity contribution is -0.152. The molecule has 15 atom stereocenters. The third-order valence-corrected chi connectivity index (χ3v) is 13.7.